The zero-order valence-electron chi connectivity index (χ0n) is 22.1. The number of aromatic nitrogens is 2. The van der Waals surface area contributed by atoms with Gasteiger partial charge in [-0.1, -0.05) is 30.1 Å². The molecule has 4 rings (SSSR count). The maximum Gasteiger partial charge on any atom is 0.416 e. The Morgan fingerprint density at radius 1 is 1.17 bits per heavy atom. The van der Waals surface area contributed by atoms with Crippen LogP contribution >= 0.6 is 23.2 Å². The second kappa shape index (κ2) is 11.8. The van der Waals surface area contributed by atoms with E-state index in [2.05, 4.69) is 10.3 Å². The number of aromatic amines is 1. The van der Waals surface area contributed by atoms with Crippen LogP contribution in [0.15, 0.2) is 38.8 Å². The molecule has 0 spiro atoms. The first kappa shape index (κ1) is 31.1. The van der Waals surface area contributed by atoms with Gasteiger partial charge in [-0.2, -0.15) is 13.2 Å². The molecule has 0 unspecified atom stereocenters. The molecule has 9 nitrogen and oxygen atoms in total. The van der Waals surface area contributed by atoms with Crippen molar-refractivity contribution in [2.45, 2.75) is 44.4 Å². The number of sulfone groups is 1. The van der Waals surface area contributed by atoms with Gasteiger partial charge in [0.2, 0.25) is 5.91 Å². The van der Waals surface area contributed by atoms with E-state index >= 15 is 0 Å². The van der Waals surface area contributed by atoms with E-state index in [9.17, 15) is 36.0 Å². The zero-order valence-corrected chi connectivity index (χ0v) is 24.4. The first-order valence-corrected chi connectivity index (χ1v) is 15.1. The van der Waals surface area contributed by atoms with Gasteiger partial charge in [0.05, 0.1) is 38.7 Å². The van der Waals surface area contributed by atoms with Crippen LogP contribution in [0.3, 0.4) is 0 Å². The predicted molar refractivity (Wildman–Crippen MR) is 149 cm³/mol. The molecule has 15 heteroatoms. The number of nitrogens with one attached hydrogen (secondary N) is 2. The molecule has 2 heterocycles. The first-order valence-electron chi connectivity index (χ1n) is 12.7. The molecule has 1 saturated heterocycles. The van der Waals surface area contributed by atoms with Gasteiger partial charge in [-0.15, -0.1) is 0 Å². The smallest absolute Gasteiger partial charge is 0.356 e. The molecule has 222 valence electrons. The third-order valence-corrected chi connectivity index (χ3v) is 9.56. The van der Waals surface area contributed by atoms with Crippen molar-refractivity contribution >= 4 is 49.8 Å². The van der Waals surface area contributed by atoms with Crippen molar-refractivity contribution < 1.29 is 26.4 Å². The highest BCUT2D eigenvalue weighted by atomic mass is 35.5. The first-order chi connectivity index (χ1) is 19.1. The molecule has 3 aromatic rings. The van der Waals surface area contributed by atoms with E-state index in [1.54, 1.807) is 4.90 Å². The molecule has 0 bridgehead atoms. The fraction of sp³-hybridized carbons (Fsp3) is 0.423. The van der Waals surface area contributed by atoms with Crippen molar-refractivity contribution in [2.24, 2.45) is 5.92 Å². The summed E-state index contributed by atoms with van der Waals surface area (Å²) in [7, 11) is -3.78. The second-order valence-corrected chi connectivity index (χ2v) is 13.0. The number of nitrogens with zero attached hydrogens (tertiary/aromatic N) is 2. The van der Waals surface area contributed by atoms with Gasteiger partial charge in [0.25, 0.3) is 5.56 Å². The number of carbonyl (C=O) groups is 1. The lowest BCUT2D eigenvalue weighted by atomic mass is 10.0. The van der Waals surface area contributed by atoms with Gasteiger partial charge >= 0.3 is 11.9 Å². The minimum absolute atomic E-state index is 0.0351. The Morgan fingerprint density at radius 3 is 2.51 bits per heavy atom. The molecule has 1 aliphatic heterocycles. The number of hydrogen-bond donors (Lipinski definition) is 2. The van der Waals surface area contributed by atoms with Crippen LogP contribution in [0, 0.1) is 5.92 Å². The fourth-order valence-corrected chi connectivity index (χ4v) is 6.60. The summed E-state index contributed by atoms with van der Waals surface area (Å²) >= 11 is 12.5. The van der Waals surface area contributed by atoms with Gasteiger partial charge in [0.1, 0.15) is 0 Å². The highest BCUT2D eigenvalue weighted by Gasteiger charge is 2.37. The average Bonchev–Trinajstić information content (AvgIpc) is 3.34. The van der Waals surface area contributed by atoms with Crippen LogP contribution in [0.4, 0.5) is 13.2 Å². The Balaban J connectivity index is 1.80. The lowest BCUT2D eigenvalue weighted by molar-refractivity contribution is -0.138. The maximum atomic E-state index is 14.3. The van der Waals surface area contributed by atoms with Crippen molar-refractivity contribution in [1.82, 2.24) is 19.8 Å². The summed E-state index contributed by atoms with van der Waals surface area (Å²) in [4.78, 5) is 41.7. The normalized spacial score (nSPS) is 16.4. The number of halogens is 5. The topological polar surface area (TPSA) is 121 Å². The number of fused-ring (bicyclic) bond motifs is 1. The van der Waals surface area contributed by atoms with E-state index in [-0.39, 0.29) is 50.7 Å². The highest BCUT2D eigenvalue weighted by Crippen LogP contribution is 2.39. The Hall–Kier alpha value is -2.87. The van der Waals surface area contributed by atoms with E-state index in [4.69, 9.17) is 23.2 Å². The van der Waals surface area contributed by atoms with E-state index < -0.39 is 49.8 Å². The minimum Gasteiger partial charge on any atom is -0.356 e. The van der Waals surface area contributed by atoms with Gasteiger partial charge in [0.15, 0.2) is 9.84 Å². The summed E-state index contributed by atoms with van der Waals surface area (Å²) in [6.45, 7) is 3.35. The van der Waals surface area contributed by atoms with Gasteiger partial charge in [-0.3, -0.25) is 19.1 Å². The third kappa shape index (κ3) is 6.63. The van der Waals surface area contributed by atoms with E-state index in [0.717, 1.165) is 0 Å². The molecule has 1 amide bonds. The van der Waals surface area contributed by atoms with Crippen molar-refractivity contribution in [2.75, 3.05) is 25.4 Å². The Kier molecular flexibility index (Phi) is 8.93. The maximum absolute atomic E-state index is 14.3. The summed E-state index contributed by atoms with van der Waals surface area (Å²) < 4.78 is 68.6. The molecule has 0 aliphatic carbocycles. The number of rotatable bonds is 8. The molecule has 0 saturated carbocycles. The summed E-state index contributed by atoms with van der Waals surface area (Å²) in [6, 6.07) is 4.55. The molecule has 1 fully saturated rings. The van der Waals surface area contributed by atoms with Gasteiger partial charge < -0.3 is 10.3 Å². The summed E-state index contributed by atoms with van der Waals surface area (Å²) in [5.74, 6) is -0.413. The summed E-state index contributed by atoms with van der Waals surface area (Å²) in [5, 5.41) is 1.98. The summed E-state index contributed by atoms with van der Waals surface area (Å²) in [6.07, 6.45) is -4.21. The van der Waals surface area contributed by atoms with Gasteiger partial charge in [-0.05, 0) is 54.3 Å². The molecule has 41 heavy (non-hydrogen) atoms. The van der Waals surface area contributed by atoms with Crippen LogP contribution in [-0.2, 0) is 33.9 Å². The van der Waals surface area contributed by atoms with E-state index in [1.807, 2.05) is 0 Å². The van der Waals surface area contributed by atoms with Crippen LogP contribution in [0.25, 0.3) is 10.9 Å². The number of H-pyrrole nitrogens is 1. The van der Waals surface area contributed by atoms with Crippen molar-refractivity contribution in [3.63, 3.8) is 0 Å². The lowest BCUT2D eigenvalue weighted by Crippen LogP contribution is -2.36. The number of carbonyl (C=O) groups excluding carboxylic acids is 1. The molecule has 1 atom stereocenters. The number of benzene rings is 2. The van der Waals surface area contributed by atoms with Crippen LogP contribution in [0.2, 0.25) is 10.0 Å². The minimum atomic E-state index is -4.87. The second-order valence-electron chi connectivity index (χ2n) is 9.94. The number of likely N-dealkylation sites (tertiary alicyclic amines) is 1. The number of hydrogen-bond acceptors (Lipinski definition) is 6. The molecule has 2 aromatic carbocycles. The standard InChI is InChI=1S/C26H27Cl2F3N4O5S/c1-3-41(39,40)21-5-4-17(27)8-16(21)12-35-24(37)18-9-20(26(29,30)31)19(22(28)23(18)33-25(35)38)13-34-7-6-15(11-34)10-32-14(2)36/h4-5,8-9,15H,3,6-7,10-13H2,1-2H3,(H,32,36)(H,33,38)/t15-/m0/s1. The van der Waals surface area contributed by atoms with Crippen molar-refractivity contribution in [3.8, 4) is 0 Å². The lowest BCUT2D eigenvalue weighted by Gasteiger charge is -2.22. The van der Waals surface area contributed by atoms with E-state index in [0.29, 0.717) is 36.7 Å². The SMILES string of the molecule is CCS(=O)(=O)c1ccc(Cl)cc1Cn1c(=O)[nH]c2c(Cl)c(CN3CC[C@@H](CNC(C)=O)C3)c(C(F)(F)F)cc2c1=O. The van der Waals surface area contributed by atoms with Gasteiger partial charge in [-0.25, -0.2) is 13.2 Å². The third-order valence-electron chi connectivity index (χ3n) is 7.08. The Labute approximate surface area is 243 Å². The van der Waals surface area contributed by atoms with Crippen LogP contribution in [0.1, 0.15) is 37.0 Å². The zero-order chi connectivity index (χ0) is 30.3. The molecule has 2 N–H and O–H groups in total. The highest BCUT2D eigenvalue weighted by molar-refractivity contribution is 7.91. The molecular weight excluding hydrogens is 608 g/mol. The van der Waals surface area contributed by atoms with Crippen molar-refractivity contribution in [1.29, 1.82) is 0 Å². The average molecular weight is 635 g/mol. The molecule has 0 radical (unpaired) electrons. The van der Waals surface area contributed by atoms with Crippen LogP contribution in [-0.4, -0.2) is 54.2 Å². The predicted octanol–water partition coefficient (Wildman–Crippen LogP) is 3.82. The quantitative estimate of drug-likeness (QED) is 0.389. The number of amides is 1. The van der Waals surface area contributed by atoms with E-state index in [1.165, 1.54) is 32.0 Å². The Morgan fingerprint density at radius 2 is 1.88 bits per heavy atom. The largest absolute Gasteiger partial charge is 0.416 e. The van der Waals surface area contributed by atoms with Crippen molar-refractivity contribution in [3.05, 3.63) is 71.8 Å². The Bertz CT molecular complexity index is 1740. The molecule has 1 aromatic heterocycles. The number of alkyl halides is 3. The summed E-state index contributed by atoms with van der Waals surface area (Å²) in [5.41, 5.74) is -3.67. The van der Waals surface area contributed by atoms with Crippen LogP contribution < -0.4 is 16.6 Å². The molecular formula is C26H27Cl2F3N4O5S. The monoisotopic (exact) mass is 634 g/mol. The molecule has 1 aliphatic rings. The van der Waals surface area contributed by atoms with Crippen LogP contribution in [0.5, 0.6) is 0 Å². The fourth-order valence-electron chi connectivity index (χ4n) is 4.98. The van der Waals surface area contributed by atoms with Gasteiger partial charge in [0, 0.05) is 31.6 Å².